The average molecular weight is 452 g/mol. The molecule has 0 aliphatic carbocycles. The predicted octanol–water partition coefficient (Wildman–Crippen LogP) is 2.31. The third-order valence-electron chi connectivity index (χ3n) is 4.05. The Morgan fingerprint density at radius 3 is 2.96 bits per heavy atom. The molecule has 2 heterocycles. The van der Waals surface area contributed by atoms with E-state index in [-0.39, 0.29) is 30.0 Å². The first-order valence-corrected chi connectivity index (χ1v) is 8.77. The van der Waals surface area contributed by atoms with E-state index in [9.17, 15) is 0 Å². The maximum absolute atomic E-state index is 5.14. The van der Waals surface area contributed by atoms with Gasteiger partial charge in [0.15, 0.2) is 5.96 Å². The predicted molar refractivity (Wildman–Crippen MR) is 109 cm³/mol. The molecule has 132 valence electrons. The van der Waals surface area contributed by atoms with Gasteiger partial charge in [0.25, 0.3) is 0 Å². The van der Waals surface area contributed by atoms with Crippen molar-refractivity contribution in [2.45, 2.75) is 38.9 Å². The molecule has 0 radical (unpaired) electrons. The first-order chi connectivity index (χ1) is 10.6. The normalized spacial score (nSPS) is 17.8. The Morgan fingerprint density at radius 2 is 2.26 bits per heavy atom. The van der Waals surface area contributed by atoms with E-state index >= 15 is 0 Å². The Balaban J connectivity index is 0.00000264. The molecular formula is C16H29IN4OS. The fraction of sp³-hybridized carbons (Fsp3) is 0.688. The fourth-order valence-corrected chi connectivity index (χ4v) is 3.63. The third-order valence-corrected chi connectivity index (χ3v) is 5.07. The molecule has 1 aliphatic rings. The Hall–Kier alpha value is -0.380. The van der Waals surface area contributed by atoms with Crippen molar-refractivity contribution in [3.05, 3.63) is 21.9 Å². The minimum Gasteiger partial charge on any atom is -0.383 e. The number of methoxy groups -OCH3 is 1. The molecule has 0 bridgehead atoms. The van der Waals surface area contributed by atoms with Crippen LogP contribution < -0.4 is 10.6 Å². The second-order valence-electron chi connectivity index (χ2n) is 5.89. The van der Waals surface area contributed by atoms with Crippen LogP contribution in [0.2, 0.25) is 0 Å². The van der Waals surface area contributed by atoms with Crippen LogP contribution in [-0.2, 0) is 17.7 Å². The van der Waals surface area contributed by atoms with E-state index in [2.05, 4.69) is 45.8 Å². The van der Waals surface area contributed by atoms with Gasteiger partial charge in [-0.2, -0.15) is 0 Å². The van der Waals surface area contributed by atoms with Crippen LogP contribution in [0, 0.1) is 0 Å². The van der Waals surface area contributed by atoms with Crippen LogP contribution in [-0.4, -0.2) is 56.8 Å². The zero-order valence-corrected chi connectivity index (χ0v) is 17.6. The lowest BCUT2D eigenvalue weighted by Gasteiger charge is -2.33. The van der Waals surface area contributed by atoms with E-state index in [0.29, 0.717) is 12.6 Å². The molecule has 0 saturated carbocycles. The first kappa shape index (κ1) is 20.7. The number of guanidine groups is 1. The maximum Gasteiger partial charge on any atom is 0.191 e. The summed E-state index contributed by atoms with van der Waals surface area (Å²) < 4.78 is 5.14. The second kappa shape index (κ2) is 10.5. The highest BCUT2D eigenvalue weighted by Gasteiger charge is 2.21. The van der Waals surface area contributed by atoms with Crippen LogP contribution in [0.3, 0.4) is 0 Å². The van der Waals surface area contributed by atoms with Gasteiger partial charge in [-0.15, -0.1) is 35.3 Å². The van der Waals surface area contributed by atoms with Crippen molar-refractivity contribution in [3.63, 3.8) is 0 Å². The summed E-state index contributed by atoms with van der Waals surface area (Å²) in [6, 6.07) is 2.98. The van der Waals surface area contributed by atoms with Crippen molar-refractivity contribution in [3.8, 4) is 0 Å². The lowest BCUT2D eigenvalue weighted by Crippen LogP contribution is -2.49. The van der Waals surface area contributed by atoms with Gasteiger partial charge in [0.05, 0.1) is 6.61 Å². The van der Waals surface area contributed by atoms with Crippen molar-refractivity contribution in [2.75, 3.05) is 33.9 Å². The summed E-state index contributed by atoms with van der Waals surface area (Å²) in [6.45, 7) is 8.12. The molecular weight excluding hydrogens is 423 g/mol. The van der Waals surface area contributed by atoms with Crippen LogP contribution in [0.1, 0.15) is 24.3 Å². The summed E-state index contributed by atoms with van der Waals surface area (Å²) in [5.41, 5.74) is 1.50. The minimum atomic E-state index is 0. The molecule has 0 amide bonds. The number of rotatable bonds is 6. The van der Waals surface area contributed by atoms with Gasteiger partial charge in [0, 0.05) is 50.8 Å². The molecule has 0 spiro atoms. The number of nitrogens with one attached hydrogen (secondary N) is 2. The number of hydrogen-bond acceptors (Lipinski definition) is 4. The van der Waals surface area contributed by atoms with Gasteiger partial charge in [-0.3, -0.25) is 9.89 Å². The molecule has 2 unspecified atom stereocenters. The van der Waals surface area contributed by atoms with Gasteiger partial charge in [-0.05, 0) is 37.3 Å². The number of thiophene rings is 1. The van der Waals surface area contributed by atoms with Gasteiger partial charge >= 0.3 is 0 Å². The number of nitrogens with zero attached hydrogens (tertiary/aromatic N) is 2. The summed E-state index contributed by atoms with van der Waals surface area (Å²) in [7, 11) is 3.52. The third kappa shape index (κ3) is 6.21. The van der Waals surface area contributed by atoms with Crippen LogP contribution in [0.4, 0.5) is 0 Å². The van der Waals surface area contributed by atoms with Gasteiger partial charge in [-0.1, -0.05) is 0 Å². The number of hydrogen-bond donors (Lipinski definition) is 2. The molecule has 0 fully saturated rings. The molecule has 2 N–H and O–H groups in total. The molecule has 5 nitrogen and oxygen atoms in total. The standard InChI is InChI=1S/C16H28N4OS.HI/c1-12(11-21-4)19-16(17-3)18-9-13(2)20-7-5-15-14(10-20)6-8-22-15;/h6,8,12-13H,5,7,9-11H2,1-4H3,(H2,17,18,19);1H. The smallest absolute Gasteiger partial charge is 0.191 e. The highest BCUT2D eigenvalue weighted by atomic mass is 127. The molecule has 1 aliphatic heterocycles. The number of halogens is 1. The van der Waals surface area contributed by atoms with E-state index in [1.807, 2.05) is 11.3 Å². The van der Waals surface area contributed by atoms with E-state index < -0.39 is 0 Å². The number of ether oxygens (including phenoxy) is 1. The minimum absolute atomic E-state index is 0. The molecule has 0 saturated heterocycles. The molecule has 7 heteroatoms. The summed E-state index contributed by atoms with van der Waals surface area (Å²) in [5.74, 6) is 0.838. The van der Waals surface area contributed by atoms with Crippen LogP contribution in [0.15, 0.2) is 16.4 Å². The Labute approximate surface area is 160 Å². The van der Waals surface area contributed by atoms with Crippen molar-refractivity contribution >= 4 is 41.3 Å². The molecule has 2 rings (SSSR count). The molecule has 2 atom stereocenters. The molecule has 23 heavy (non-hydrogen) atoms. The molecule has 1 aromatic rings. The maximum atomic E-state index is 5.14. The Kier molecular flexibility index (Phi) is 9.41. The Bertz CT molecular complexity index is 494. The lowest BCUT2D eigenvalue weighted by molar-refractivity contribution is 0.178. The highest BCUT2D eigenvalue weighted by molar-refractivity contribution is 14.0. The summed E-state index contributed by atoms with van der Waals surface area (Å²) in [6.07, 6.45) is 1.18. The second-order valence-corrected chi connectivity index (χ2v) is 6.89. The monoisotopic (exact) mass is 452 g/mol. The Morgan fingerprint density at radius 1 is 1.48 bits per heavy atom. The zero-order chi connectivity index (χ0) is 15.9. The van der Waals surface area contributed by atoms with Gasteiger partial charge in [0.2, 0.25) is 0 Å². The average Bonchev–Trinajstić information content (AvgIpc) is 2.98. The summed E-state index contributed by atoms with van der Waals surface area (Å²) in [5, 5.41) is 8.96. The quantitative estimate of drug-likeness (QED) is 0.395. The van der Waals surface area contributed by atoms with Crippen molar-refractivity contribution in [1.29, 1.82) is 0 Å². The van der Waals surface area contributed by atoms with E-state index in [0.717, 1.165) is 25.6 Å². The SMILES string of the molecule is CN=C(NCC(C)N1CCc2sccc2C1)NC(C)COC.I. The largest absolute Gasteiger partial charge is 0.383 e. The van der Waals surface area contributed by atoms with Crippen LogP contribution in [0.25, 0.3) is 0 Å². The highest BCUT2D eigenvalue weighted by Crippen LogP contribution is 2.24. The fourth-order valence-electron chi connectivity index (χ4n) is 2.74. The zero-order valence-electron chi connectivity index (χ0n) is 14.5. The van der Waals surface area contributed by atoms with E-state index in [4.69, 9.17) is 4.74 Å². The van der Waals surface area contributed by atoms with Gasteiger partial charge < -0.3 is 15.4 Å². The van der Waals surface area contributed by atoms with Gasteiger partial charge in [0.1, 0.15) is 0 Å². The topological polar surface area (TPSA) is 48.9 Å². The van der Waals surface area contributed by atoms with E-state index in [1.54, 1.807) is 19.0 Å². The summed E-state index contributed by atoms with van der Waals surface area (Å²) in [4.78, 5) is 8.37. The molecule has 0 aromatic carbocycles. The van der Waals surface area contributed by atoms with Crippen LogP contribution >= 0.6 is 35.3 Å². The number of aliphatic imine (C=N–C) groups is 1. The van der Waals surface area contributed by atoms with Crippen molar-refractivity contribution in [2.24, 2.45) is 4.99 Å². The van der Waals surface area contributed by atoms with Crippen molar-refractivity contribution in [1.82, 2.24) is 15.5 Å². The number of fused-ring (bicyclic) bond motifs is 1. The first-order valence-electron chi connectivity index (χ1n) is 7.89. The van der Waals surface area contributed by atoms with Gasteiger partial charge in [-0.25, -0.2) is 0 Å². The molecule has 1 aromatic heterocycles. The summed E-state index contributed by atoms with van der Waals surface area (Å²) >= 11 is 1.89. The van der Waals surface area contributed by atoms with Crippen molar-refractivity contribution < 1.29 is 4.74 Å². The van der Waals surface area contributed by atoms with Crippen LogP contribution in [0.5, 0.6) is 0 Å². The van der Waals surface area contributed by atoms with E-state index in [1.165, 1.54) is 12.0 Å². The lowest BCUT2D eigenvalue weighted by atomic mass is 10.1.